The van der Waals surface area contributed by atoms with Gasteiger partial charge in [-0.15, -0.1) is 0 Å². The van der Waals surface area contributed by atoms with Gasteiger partial charge in [0.05, 0.1) is 11.8 Å². The van der Waals surface area contributed by atoms with Crippen molar-refractivity contribution in [2.45, 2.75) is 13.0 Å². The second-order valence-corrected chi connectivity index (χ2v) is 5.41. The Bertz CT molecular complexity index is 555. The fraction of sp³-hybridized carbons (Fsp3) is 0.400. The maximum atomic E-state index is 12.3. The molecule has 2 N–H and O–H groups in total. The Labute approximate surface area is 116 Å². The van der Waals surface area contributed by atoms with E-state index < -0.39 is 17.8 Å². The number of carbonyl (C=O) groups excluding carboxylic acids is 1. The first-order chi connectivity index (χ1) is 9.66. The van der Waals surface area contributed by atoms with Crippen LogP contribution in [-0.4, -0.2) is 22.0 Å². The lowest BCUT2D eigenvalue weighted by atomic mass is 9.82. The van der Waals surface area contributed by atoms with Crippen molar-refractivity contribution in [2.24, 2.45) is 23.7 Å². The minimum atomic E-state index is -0.870. The van der Waals surface area contributed by atoms with E-state index in [0.29, 0.717) is 6.54 Å². The maximum absolute atomic E-state index is 12.3. The molecule has 0 radical (unpaired) electrons. The van der Waals surface area contributed by atoms with Crippen LogP contribution in [0.15, 0.2) is 36.7 Å². The van der Waals surface area contributed by atoms with E-state index in [-0.39, 0.29) is 17.7 Å². The van der Waals surface area contributed by atoms with E-state index in [1.165, 1.54) is 0 Å². The van der Waals surface area contributed by atoms with Crippen molar-refractivity contribution in [1.29, 1.82) is 0 Å². The Balaban J connectivity index is 1.68. The van der Waals surface area contributed by atoms with Crippen LogP contribution in [0.1, 0.15) is 12.0 Å². The van der Waals surface area contributed by atoms with E-state index in [1.807, 2.05) is 24.3 Å². The summed E-state index contributed by atoms with van der Waals surface area (Å²) in [5.41, 5.74) is 0.957. The Hall–Kier alpha value is -2.17. The van der Waals surface area contributed by atoms with E-state index in [9.17, 15) is 14.7 Å². The van der Waals surface area contributed by atoms with Gasteiger partial charge >= 0.3 is 5.97 Å². The molecule has 0 spiro atoms. The molecule has 20 heavy (non-hydrogen) atoms. The first kappa shape index (κ1) is 12.8. The van der Waals surface area contributed by atoms with Crippen LogP contribution in [0.3, 0.4) is 0 Å². The minimum Gasteiger partial charge on any atom is -0.481 e. The van der Waals surface area contributed by atoms with Gasteiger partial charge in [-0.3, -0.25) is 14.6 Å². The Kier molecular flexibility index (Phi) is 3.26. The molecule has 1 aromatic heterocycles. The summed E-state index contributed by atoms with van der Waals surface area (Å²) in [6, 6.07) is 3.66. The van der Waals surface area contributed by atoms with Crippen molar-refractivity contribution in [1.82, 2.24) is 10.3 Å². The van der Waals surface area contributed by atoms with Gasteiger partial charge < -0.3 is 10.4 Å². The fourth-order valence-electron chi connectivity index (χ4n) is 3.32. The van der Waals surface area contributed by atoms with Crippen LogP contribution >= 0.6 is 0 Å². The van der Waals surface area contributed by atoms with Crippen LogP contribution in [0.5, 0.6) is 0 Å². The molecule has 1 fully saturated rings. The van der Waals surface area contributed by atoms with Gasteiger partial charge in [0, 0.05) is 18.9 Å². The van der Waals surface area contributed by atoms with Gasteiger partial charge in [0.25, 0.3) is 0 Å². The van der Waals surface area contributed by atoms with Crippen molar-refractivity contribution < 1.29 is 14.7 Å². The number of carboxylic acids is 1. The van der Waals surface area contributed by atoms with Crippen LogP contribution in [0, 0.1) is 23.7 Å². The van der Waals surface area contributed by atoms with Crippen molar-refractivity contribution in [3.63, 3.8) is 0 Å². The monoisotopic (exact) mass is 272 g/mol. The first-order valence-electron chi connectivity index (χ1n) is 6.74. The van der Waals surface area contributed by atoms with E-state index in [0.717, 1.165) is 12.0 Å². The largest absolute Gasteiger partial charge is 0.481 e. The topological polar surface area (TPSA) is 79.3 Å². The molecule has 1 saturated carbocycles. The van der Waals surface area contributed by atoms with Crippen LogP contribution in [0.4, 0.5) is 0 Å². The number of pyridine rings is 1. The number of hydrogen-bond donors (Lipinski definition) is 2. The summed E-state index contributed by atoms with van der Waals surface area (Å²) in [6.45, 7) is 0.408. The zero-order chi connectivity index (χ0) is 14.1. The second kappa shape index (κ2) is 5.07. The van der Waals surface area contributed by atoms with E-state index in [2.05, 4.69) is 10.3 Å². The zero-order valence-electron chi connectivity index (χ0n) is 10.9. The molecule has 0 aliphatic heterocycles. The molecule has 0 aromatic carbocycles. The molecule has 1 aromatic rings. The van der Waals surface area contributed by atoms with Gasteiger partial charge in [0.1, 0.15) is 0 Å². The van der Waals surface area contributed by atoms with Gasteiger partial charge in [0.2, 0.25) is 5.91 Å². The molecule has 2 aliphatic rings. The third-order valence-corrected chi connectivity index (χ3v) is 4.26. The number of hydrogen-bond acceptors (Lipinski definition) is 3. The van der Waals surface area contributed by atoms with Gasteiger partial charge in [-0.2, -0.15) is 0 Å². The number of allylic oxidation sites excluding steroid dienone is 2. The molecule has 0 saturated heterocycles. The summed E-state index contributed by atoms with van der Waals surface area (Å²) in [6.07, 6.45) is 8.05. The number of rotatable bonds is 4. The number of carboxylic acid groups (broad SMARTS) is 1. The molecular weight excluding hydrogens is 256 g/mol. The van der Waals surface area contributed by atoms with Crippen LogP contribution in [-0.2, 0) is 16.1 Å². The van der Waals surface area contributed by atoms with Crippen molar-refractivity contribution in [3.05, 3.63) is 42.2 Å². The predicted octanol–water partition coefficient (Wildman–Crippen LogP) is 1.22. The van der Waals surface area contributed by atoms with Gasteiger partial charge in [-0.25, -0.2) is 0 Å². The molecule has 5 heteroatoms. The maximum Gasteiger partial charge on any atom is 0.307 e. The molecule has 1 amide bonds. The summed E-state index contributed by atoms with van der Waals surface area (Å²) < 4.78 is 0. The molecule has 1 heterocycles. The molecule has 2 aliphatic carbocycles. The van der Waals surface area contributed by atoms with Crippen molar-refractivity contribution >= 4 is 11.9 Å². The summed E-state index contributed by atoms with van der Waals surface area (Å²) in [5.74, 6) is -1.98. The highest BCUT2D eigenvalue weighted by molar-refractivity contribution is 5.86. The fourth-order valence-corrected chi connectivity index (χ4v) is 3.32. The highest BCUT2D eigenvalue weighted by atomic mass is 16.4. The molecule has 104 valence electrons. The quantitative estimate of drug-likeness (QED) is 0.808. The molecular formula is C15H16N2O3. The standard InChI is InChI=1S/C15H16N2O3/c18-14(17-8-9-3-5-16-6-4-9)12-10-1-2-11(7-10)13(12)15(19)20/h1-6,10-13H,7-8H2,(H,17,18)(H,19,20)/t10-,11-,12-,13-/m1/s1. The van der Waals surface area contributed by atoms with Crippen molar-refractivity contribution in [3.8, 4) is 0 Å². The summed E-state index contributed by atoms with van der Waals surface area (Å²) in [7, 11) is 0. The van der Waals surface area contributed by atoms with E-state index in [1.54, 1.807) is 12.4 Å². The Morgan fingerprint density at radius 2 is 1.85 bits per heavy atom. The number of aromatic nitrogens is 1. The normalized spacial score (nSPS) is 30.4. The average Bonchev–Trinajstić information content (AvgIpc) is 3.06. The first-order valence-corrected chi connectivity index (χ1v) is 6.74. The number of carbonyl (C=O) groups is 2. The van der Waals surface area contributed by atoms with Crippen molar-refractivity contribution in [2.75, 3.05) is 0 Å². The molecule has 5 nitrogen and oxygen atoms in total. The lowest BCUT2D eigenvalue weighted by Gasteiger charge is -2.23. The second-order valence-electron chi connectivity index (χ2n) is 5.41. The lowest BCUT2D eigenvalue weighted by Crippen LogP contribution is -2.39. The molecule has 2 bridgehead atoms. The average molecular weight is 272 g/mol. The predicted molar refractivity (Wildman–Crippen MR) is 71.4 cm³/mol. The molecule has 4 atom stereocenters. The van der Waals surface area contributed by atoms with E-state index >= 15 is 0 Å². The van der Waals surface area contributed by atoms with Crippen LogP contribution in [0.25, 0.3) is 0 Å². The van der Waals surface area contributed by atoms with Gasteiger partial charge in [-0.05, 0) is 36.0 Å². The highest BCUT2D eigenvalue weighted by Crippen LogP contribution is 2.48. The Morgan fingerprint density at radius 3 is 2.50 bits per heavy atom. The SMILES string of the molecule is O=C(O)[C@H]1[C@H](C(=O)NCc2ccncc2)[C@@H]2C=C[C@@H]1C2. The lowest BCUT2D eigenvalue weighted by molar-refractivity contribution is -0.147. The summed E-state index contributed by atoms with van der Waals surface area (Å²) in [5, 5.41) is 12.2. The van der Waals surface area contributed by atoms with Gasteiger partial charge in [-0.1, -0.05) is 12.2 Å². The van der Waals surface area contributed by atoms with E-state index in [4.69, 9.17) is 0 Å². The minimum absolute atomic E-state index is 0.00850. The number of fused-ring (bicyclic) bond motifs is 2. The zero-order valence-corrected chi connectivity index (χ0v) is 10.9. The molecule has 0 unspecified atom stereocenters. The number of nitrogens with one attached hydrogen (secondary N) is 1. The third kappa shape index (κ3) is 2.19. The third-order valence-electron chi connectivity index (χ3n) is 4.26. The molecule has 3 rings (SSSR count). The van der Waals surface area contributed by atoms with Gasteiger partial charge in [0.15, 0.2) is 0 Å². The summed E-state index contributed by atoms with van der Waals surface area (Å²) >= 11 is 0. The Morgan fingerprint density at radius 1 is 1.20 bits per heavy atom. The number of aliphatic carboxylic acids is 1. The smallest absolute Gasteiger partial charge is 0.307 e. The number of nitrogens with zero attached hydrogens (tertiary/aromatic N) is 1. The van der Waals surface area contributed by atoms with Crippen LogP contribution in [0.2, 0.25) is 0 Å². The highest BCUT2D eigenvalue weighted by Gasteiger charge is 2.51. The summed E-state index contributed by atoms with van der Waals surface area (Å²) in [4.78, 5) is 27.6. The van der Waals surface area contributed by atoms with Crippen LogP contribution < -0.4 is 5.32 Å². The number of amides is 1.